The van der Waals surface area contributed by atoms with E-state index in [1.807, 2.05) is 6.20 Å². The summed E-state index contributed by atoms with van der Waals surface area (Å²) in [5, 5.41) is 0. The van der Waals surface area contributed by atoms with Crippen molar-refractivity contribution in [2.75, 3.05) is 13.1 Å². The second-order valence-electron chi connectivity index (χ2n) is 7.66. The summed E-state index contributed by atoms with van der Waals surface area (Å²) < 4.78 is 3.31. The van der Waals surface area contributed by atoms with E-state index in [2.05, 4.69) is 85.1 Å². The van der Waals surface area contributed by atoms with Crippen LogP contribution in [-0.2, 0) is 10.3 Å². The van der Waals surface area contributed by atoms with Crippen molar-refractivity contribution in [2.45, 2.75) is 31.2 Å². The minimum Gasteiger partial charge on any atom is -0.340 e. The van der Waals surface area contributed by atoms with Gasteiger partial charge in [0, 0.05) is 35.4 Å². The number of imidazole rings is 1. The Bertz CT molecular complexity index is 1030. The van der Waals surface area contributed by atoms with Gasteiger partial charge in [0.25, 0.3) is 0 Å². The molecule has 2 aliphatic heterocycles. The molecule has 4 nitrogen and oxygen atoms in total. The molecule has 0 saturated carbocycles. The Morgan fingerprint density at radius 3 is 2.71 bits per heavy atom. The first-order chi connectivity index (χ1) is 13.7. The molecule has 0 bridgehead atoms. The van der Waals surface area contributed by atoms with Crippen LogP contribution in [0.4, 0.5) is 0 Å². The van der Waals surface area contributed by atoms with Gasteiger partial charge in [-0.3, -0.25) is 4.79 Å². The maximum Gasteiger partial charge on any atom is 0.222 e. The number of hydrogen-bond donors (Lipinski definition) is 0. The summed E-state index contributed by atoms with van der Waals surface area (Å²) in [4.78, 5) is 19.6. The molecule has 1 aromatic heterocycles. The third kappa shape index (κ3) is 2.64. The van der Waals surface area contributed by atoms with Crippen LogP contribution >= 0.6 is 15.9 Å². The van der Waals surface area contributed by atoms with Gasteiger partial charge in [0.1, 0.15) is 11.4 Å². The van der Waals surface area contributed by atoms with E-state index < -0.39 is 5.54 Å². The molecule has 0 spiro atoms. The highest BCUT2D eigenvalue weighted by atomic mass is 79.9. The number of amides is 1. The smallest absolute Gasteiger partial charge is 0.222 e. The molecule has 1 saturated heterocycles. The molecular formula is C23H22BrN3O. The average molecular weight is 436 g/mol. The van der Waals surface area contributed by atoms with Gasteiger partial charge in [0.2, 0.25) is 5.91 Å². The van der Waals surface area contributed by atoms with Gasteiger partial charge in [-0.25, -0.2) is 4.98 Å². The number of aromatic nitrogens is 2. The molecule has 1 unspecified atom stereocenters. The Kier molecular flexibility index (Phi) is 4.35. The molecule has 2 aromatic carbocycles. The lowest BCUT2D eigenvalue weighted by Crippen LogP contribution is -2.47. The van der Waals surface area contributed by atoms with Gasteiger partial charge in [0.05, 0.1) is 6.54 Å². The van der Waals surface area contributed by atoms with Gasteiger partial charge in [-0.15, -0.1) is 0 Å². The Balaban J connectivity index is 1.73. The lowest BCUT2D eigenvalue weighted by Gasteiger charge is -2.38. The van der Waals surface area contributed by atoms with E-state index in [0.29, 0.717) is 13.0 Å². The topological polar surface area (TPSA) is 38.1 Å². The van der Waals surface area contributed by atoms with Crippen LogP contribution < -0.4 is 0 Å². The second kappa shape index (κ2) is 6.89. The van der Waals surface area contributed by atoms with Crippen molar-refractivity contribution in [3.63, 3.8) is 0 Å². The third-order valence-electron chi connectivity index (χ3n) is 6.08. The monoisotopic (exact) mass is 435 g/mol. The fourth-order valence-electron chi connectivity index (χ4n) is 4.73. The highest BCUT2D eigenvalue weighted by Crippen LogP contribution is 2.47. The van der Waals surface area contributed by atoms with E-state index in [0.717, 1.165) is 41.7 Å². The number of benzene rings is 2. The highest BCUT2D eigenvalue weighted by Gasteiger charge is 2.46. The summed E-state index contributed by atoms with van der Waals surface area (Å²) in [6.45, 7) is 1.46. The predicted molar refractivity (Wildman–Crippen MR) is 113 cm³/mol. The molecule has 5 heteroatoms. The zero-order valence-corrected chi connectivity index (χ0v) is 17.2. The van der Waals surface area contributed by atoms with Gasteiger partial charge in [-0.1, -0.05) is 58.7 Å². The Hall–Kier alpha value is -2.40. The van der Waals surface area contributed by atoms with E-state index in [-0.39, 0.29) is 5.91 Å². The number of carbonyl (C=O) groups is 1. The van der Waals surface area contributed by atoms with Crippen molar-refractivity contribution in [2.24, 2.45) is 0 Å². The summed E-state index contributed by atoms with van der Waals surface area (Å²) in [7, 11) is 0. The second-order valence-corrected chi connectivity index (χ2v) is 8.58. The van der Waals surface area contributed by atoms with Crippen LogP contribution in [0.15, 0.2) is 65.4 Å². The molecule has 0 N–H and O–H groups in total. The molecule has 3 heterocycles. The highest BCUT2D eigenvalue weighted by molar-refractivity contribution is 9.10. The van der Waals surface area contributed by atoms with Gasteiger partial charge in [-0.2, -0.15) is 0 Å². The van der Waals surface area contributed by atoms with Crippen molar-refractivity contribution < 1.29 is 4.79 Å². The minimum absolute atomic E-state index is 0.264. The summed E-state index contributed by atoms with van der Waals surface area (Å²) in [5.74, 6) is 1.24. The van der Waals surface area contributed by atoms with Crippen molar-refractivity contribution in [3.05, 3.63) is 76.5 Å². The SMILES string of the molecule is O=C1CCCCCN1CC1(c2ccc(Br)cc2)c2ccccc2-c2nccn21. The zero-order valence-electron chi connectivity index (χ0n) is 15.6. The molecule has 5 rings (SSSR count). The molecule has 0 radical (unpaired) electrons. The van der Waals surface area contributed by atoms with E-state index in [4.69, 9.17) is 0 Å². The van der Waals surface area contributed by atoms with Crippen molar-refractivity contribution in [3.8, 4) is 11.4 Å². The predicted octanol–water partition coefficient (Wildman–Crippen LogP) is 4.82. The van der Waals surface area contributed by atoms with Gasteiger partial charge >= 0.3 is 0 Å². The molecule has 2 aliphatic rings. The lowest BCUT2D eigenvalue weighted by molar-refractivity contribution is -0.131. The molecule has 1 amide bonds. The number of nitrogens with zero attached hydrogens (tertiary/aromatic N) is 3. The van der Waals surface area contributed by atoms with Gasteiger partial charge in [0.15, 0.2) is 0 Å². The van der Waals surface area contributed by atoms with Crippen LogP contribution in [0.2, 0.25) is 0 Å². The van der Waals surface area contributed by atoms with E-state index in [1.165, 1.54) is 11.1 Å². The molecule has 142 valence electrons. The summed E-state index contributed by atoms with van der Waals surface area (Å²) in [6, 6.07) is 17.0. The van der Waals surface area contributed by atoms with Crippen molar-refractivity contribution in [1.29, 1.82) is 0 Å². The van der Waals surface area contributed by atoms with Crippen LogP contribution in [0, 0.1) is 0 Å². The van der Waals surface area contributed by atoms with Crippen LogP contribution in [0.5, 0.6) is 0 Å². The molecule has 1 fully saturated rings. The zero-order chi connectivity index (χ0) is 19.1. The van der Waals surface area contributed by atoms with Crippen molar-refractivity contribution >= 4 is 21.8 Å². The standard InChI is InChI=1S/C23H22BrN3O/c24-18-11-9-17(10-12-18)23(16-26-14-5-1-2-8-21(26)28)20-7-4-3-6-19(20)22-25-13-15-27(22)23/h3-4,6-7,9-13,15H,1-2,5,8,14,16H2. The molecular weight excluding hydrogens is 414 g/mol. The quantitative estimate of drug-likeness (QED) is 0.591. The first kappa shape index (κ1) is 17.7. The summed E-state index contributed by atoms with van der Waals surface area (Å²) in [5.41, 5.74) is 3.09. The maximum absolute atomic E-state index is 12.9. The Labute approximate surface area is 173 Å². The first-order valence-corrected chi connectivity index (χ1v) is 10.7. The lowest BCUT2D eigenvalue weighted by atomic mass is 9.82. The summed E-state index contributed by atoms with van der Waals surface area (Å²) >= 11 is 3.56. The fourth-order valence-corrected chi connectivity index (χ4v) is 5.00. The van der Waals surface area contributed by atoms with Crippen LogP contribution in [0.25, 0.3) is 11.4 Å². The number of rotatable bonds is 3. The third-order valence-corrected chi connectivity index (χ3v) is 6.61. The number of hydrogen-bond acceptors (Lipinski definition) is 2. The maximum atomic E-state index is 12.9. The molecule has 0 aliphatic carbocycles. The first-order valence-electron chi connectivity index (χ1n) is 9.88. The van der Waals surface area contributed by atoms with Crippen LogP contribution in [0.1, 0.15) is 36.8 Å². The summed E-state index contributed by atoms with van der Waals surface area (Å²) in [6.07, 6.45) is 7.76. The van der Waals surface area contributed by atoms with Crippen LogP contribution in [-0.4, -0.2) is 33.4 Å². The Morgan fingerprint density at radius 1 is 1.04 bits per heavy atom. The normalized spacial score (nSPS) is 21.3. The minimum atomic E-state index is -0.455. The number of fused-ring (bicyclic) bond motifs is 3. The number of likely N-dealkylation sites (tertiary alicyclic amines) is 1. The Morgan fingerprint density at radius 2 is 1.86 bits per heavy atom. The van der Waals surface area contributed by atoms with E-state index in [9.17, 15) is 4.79 Å². The molecule has 1 atom stereocenters. The average Bonchev–Trinajstić information content (AvgIpc) is 3.23. The number of halogens is 1. The van der Waals surface area contributed by atoms with Gasteiger partial charge in [-0.05, 0) is 36.1 Å². The number of carbonyl (C=O) groups excluding carboxylic acids is 1. The van der Waals surface area contributed by atoms with Crippen molar-refractivity contribution in [1.82, 2.24) is 14.5 Å². The molecule has 28 heavy (non-hydrogen) atoms. The molecule has 3 aromatic rings. The van der Waals surface area contributed by atoms with Gasteiger partial charge < -0.3 is 9.47 Å². The van der Waals surface area contributed by atoms with E-state index >= 15 is 0 Å². The van der Waals surface area contributed by atoms with E-state index in [1.54, 1.807) is 0 Å². The fraction of sp³-hybridized carbons (Fsp3) is 0.304. The van der Waals surface area contributed by atoms with Crippen LogP contribution in [0.3, 0.4) is 0 Å². The largest absolute Gasteiger partial charge is 0.340 e.